The molecule has 0 radical (unpaired) electrons. The summed E-state index contributed by atoms with van der Waals surface area (Å²) in [5.41, 5.74) is 0. The molecule has 0 saturated carbocycles. The van der Waals surface area contributed by atoms with E-state index >= 15 is 0 Å². The minimum Gasteiger partial charge on any atom is -0.353 e. The molecular formula is C13H30N2O4S. The maximum atomic E-state index is 11.4. The van der Waals surface area contributed by atoms with Gasteiger partial charge in [0.2, 0.25) is 10.0 Å². The van der Waals surface area contributed by atoms with E-state index in [1.807, 2.05) is 20.8 Å². The lowest BCUT2D eigenvalue weighted by Crippen LogP contribution is -2.33. The standard InChI is InChI=1S/C13H30N2O4S/c1-5-15(20(4,16)17)12-8-10-14-11-9-13(18-6-2)19-7-3/h13-14H,5-12H2,1-4H3. The Labute approximate surface area is 123 Å². The van der Waals surface area contributed by atoms with Gasteiger partial charge in [-0.2, -0.15) is 0 Å². The zero-order valence-corrected chi connectivity index (χ0v) is 14.0. The van der Waals surface area contributed by atoms with Crippen molar-refractivity contribution in [1.29, 1.82) is 0 Å². The fourth-order valence-corrected chi connectivity index (χ4v) is 2.80. The first kappa shape index (κ1) is 19.8. The van der Waals surface area contributed by atoms with Crippen molar-refractivity contribution >= 4 is 10.0 Å². The first-order valence-electron chi connectivity index (χ1n) is 7.34. The Bertz CT molecular complexity index is 316. The Balaban J connectivity index is 3.70. The van der Waals surface area contributed by atoms with Crippen molar-refractivity contribution in [2.24, 2.45) is 0 Å². The van der Waals surface area contributed by atoms with Gasteiger partial charge in [0, 0.05) is 32.7 Å². The number of ether oxygens (including phenoxy) is 2. The van der Waals surface area contributed by atoms with Crippen molar-refractivity contribution in [3.8, 4) is 0 Å². The van der Waals surface area contributed by atoms with Crippen LogP contribution in [-0.4, -0.2) is 64.7 Å². The molecule has 122 valence electrons. The number of nitrogens with zero attached hydrogens (tertiary/aromatic N) is 1. The lowest BCUT2D eigenvalue weighted by molar-refractivity contribution is -0.138. The van der Waals surface area contributed by atoms with Crippen molar-refractivity contribution in [2.45, 2.75) is 39.9 Å². The van der Waals surface area contributed by atoms with Crippen molar-refractivity contribution in [1.82, 2.24) is 9.62 Å². The molecular weight excluding hydrogens is 280 g/mol. The number of hydrogen-bond donors (Lipinski definition) is 1. The Morgan fingerprint density at radius 1 is 1.10 bits per heavy atom. The maximum absolute atomic E-state index is 11.4. The molecule has 0 heterocycles. The van der Waals surface area contributed by atoms with Crippen LogP contribution in [-0.2, 0) is 19.5 Å². The minimum atomic E-state index is -3.07. The van der Waals surface area contributed by atoms with Crippen LogP contribution in [0, 0.1) is 0 Å². The number of sulfonamides is 1. The molecule has 7 heteroatoms. The van der Waals surface area contributed by atoms with Gasteiger partial charge < -0.3 is 14.8 Å². The smallest absolute Gasteiger partial charge is 0.211 e. The number of rotatable bonds is 13. The van der Waals surface area contributed by atoms with Gasteiger partial charge in [-0.15, -0.1) is 0 Å². The number of nitrogens with one attached hydrogen (secondary N) is 1. The van der Waals surface area contributed by atoms with Crippen molar-refractivity contribution < 1.29 is 17.9 Å². The molecule has 0 fully saturated rings. The van der Waals surface area contributed by atoms with Gasteiger partial charge in [0.25, 0.3) is 0 Å². The van der Waals surface area contributed by atoms with E-state index in [9.17, 15) is 8.42 Å². The van der Waals surface area contributed by atoms with Crippen LogP contribution in [0.2, 0.25) is 0 Å². The maximum Gasteiger partial charge on any atom is 0.211 e. The molecule has 0 bridgehead atoms. The molecule has 1 N–H and O–H groups in total. The van der Waals surface area contributed by atoms with Gasteiger partial charge in [-0.25, -0.2) is 12.7 Å². The second kappa shape index (κ2) is 11.4. The fourth-order valence-electron chi connectivity index (χ4n) is 1.87. The van der Waals surface area contributed by atoms with E-state index in [0.717, 1.165) is 25.9 Å². The van der Waals surface area contributed by atoms with Gasteiger partial charge in [0.05, 0.1) is 6.26 Å². The first-order valence-corrected chi connectivity index (χ1v) is 9.19. The molecule has 0 unspecified atom stereocenters. The lowest BCUT2D eigenvalue weighted by atomic mass is 10.3. The van der Waals surface area contributed by atoms with E-state index in [0.29, 0.717) is 26.3 Å². The molecule has 0 aliphatic carbocycles. The van der Waals surface area contributed by atoms with Crippen LogP contribution in [0.4, 0.5) is 0 Å². The molecule has 0 rings (SSSR count). The topological polar surface area (TPSA) is 67.9 Å². The SMILES string of the molecule is CCOC(CCNCCCN(CC)S(C)(=O)=O)OCC. The summed E-state index contributed by atoms with van der Waals surface area (Å²) in [4.78, 5) is 0. The predicted octanol–water partition coefficient (Wildman–Crippen LogP) is 1.04. The Hall–Kier alpha value is -0.210. The summed E-state index contributed by atoms with van der Waals surface area (Å²) in [5.74, 6) is 0. The summed E-state index contributed by atoms with van der Waals surface area (Å²) in [5, 5.41) is 3.28. The highest BCUT2D eigenvalue weighted by Crippen LogP contribution is 2.00. The van der Waals surface area contributed by atoms with Crippen LogP contribution in [0.15, 0.2) is 0 Å². The summed E-state index contributed by atoms with van der Waals surface area (Å²) in [6.45, 7) is 9.71. The van der Waals surface area contributed by atoms with Gasteiger partial charge in [0.15, 0.2) is 6.29 Å². The highest BCUT2D eigenvalue weighted by molar-refractivity contribution is 7.88. The second-order valence-corrected chi connectivity index (χ2v) is 6.47. The predicted molar refractivity (Wildman–Crippen MR) is 81.2 cm³/mol. The molecule has 20 heavy (non-hydrogen) atoms. The molecule has 0 aromatic carbocycles. The normalized spacial score (nSPS) is 12.5. The van der Waals surface area contributed by atoms with Crippen LogP contribution in [0.1, 0.15) is 33.6 Å². The Morgan fingerprint density at radius 3 is 2.15 bits per heavy atom. The van der Waals surface area contributed by atoms with Crippen molar-refractivity contribution in [3.05, 3.63) is 0 Å². The van der Waals surface area contributed by atoms with Crippen LogP contribution in [0.25, 0.3) is 0 Å². The highest BCUT2D eigenvalue weighted by atomic mass is 32.2. The zero-order valence-electron chi connectivity index (χ0n) is 13.2. The highest BCUT2D eigenvalue weighted by Gasteiger charge is 2.13. The van der Waals surface area contributed by atoms with Crippen LogP contribution >= 0.6 is 0 Å². The zero-order chi connectivity index (χ0) is 15.4. The third-order valence-corrected chi connectivity index (χ3v) is 4.22. The molecule has 6 nitrogen and oxygen atoms in total. The van der Waals surface area contributed by atoms with Gasteiger partial charge in [-0.1, -0.05) is 6.92 Å². The van der Waals surface area contributed by atoms with Crippen molar-refractivity contribution in [3.63, 3.8) is 0 Å². The van der Waals surface area contributed by atoms with Gasteiger partial charge in [0.1, 0.15) is 0 Å². The minimum absolute atomic E-state index is 0.152. The van der Waals surface area contributed by atoms with Gasteiger partial charge in [-0.05, 0) is 33.4 Å². The van der Waals surface area contributed by atoms with Crippen LogP contribution in [0.3, 0.4) is 0 Å². The van der Waals surface area contributed by atoms with E-state index in [-0.39, 0.29) is 6.29 Å². The third-order valence-electron chi connectivity index (χ3n) is 2.84. The Kier molecular flexibility index (Phi) is 11.3. The molecule has 0 spiro atoms. The van der Waals surface area contributed by atoms with Crippen LogP contribution < -0.4 is 5.32 Å². The summed E-state index contributed by atoms with van der Waals surface area (Å²) < 4.78 is 35.1. The number of hydrogen-bond acceptors (Lipinski definition) is 5. The average molecular weight is 310 g/mol. The van der Waals surface area contributed by atoms with Gasteiger partial charge in [-0.3, -0.25) is 0 Å². The molecule has 0 aliphatic heterocycles. The first-order chi connectivity index (χ1) is 9.45. The molecule has 0 aliphatic rings. The van der Waals surface area contributed by atoms with E-state index in [2.05, 4.69) is 5.32 Å². The largest absolute Gasteiger partial charge is 0.353 e. The summed E-state index contributed by atoms with van der Waals surface area (Å²) in [6.07, 6.45) is 2.69. The molecule has 0 amide bonds. The van der Waals surface area contributed by atoms with E-state index in [4.69, 9.17) is 9.47 Å². The van der Waals surface area contributed by atoms with E-state index in [1.54, 1.807) is 0 Å². The third kappa shape index (κ3) is 9.66. The Morgan fingerprint density at radius 2 is 1.70 bits per heavy atom. The molecule has 0 aromatic rings. The van der Waals surface area contributed by atoms with E-state index < -0.39 is 10.0 Å². The van der Waals surface area contributed by atoms with Gasteiger partial charge >= 0.3 is 0 Å². The second-order valence-electron chi connectivity index (χ2n) is 4.49. The molecule has 0 aromatic heterocycles. The molecule has 0 saturated heterocycles. The van der Waals surface area contributed by atoms with E-state index in [1.165, 1.54) is 10.6 Å². The quantitative estimate of drug-likeness (QED) is 0.407. The monoisotopic (exact) mass is 310 g/mol. The fraction of sp³-hybridized carbons (Fsp3) is 1.00. The summed E-state index contributed by atoms with van der Waals surface area (Å²) in [6, 6.07) is 0. The average Bonchev–Trinajstić information content (AvgIpc) is 2.36. The lowest BCUT2D eigenvalue weighted by Gasteiger charge is -2.18. The summed E-state index contributed by atoms with van der Waals surface area (Å²) >= 11 is 0. The van der Waals surface area contributed by atoms with Crippen LogP contribution in [0.5, 0.6) is 0 Å². The molecule has 0 atom stereocenters. The van der Waals surface area contributed by atoms with Crippen molar-refractivity contribution in [2.75, 3.05) is 45.6 Å². The summed E-state index contributed by atoms with van der Waals surface area (Å²) in [7, 11) is -3.07.